The van der Waals surface area contributed by atoms with Crippen LogP contribution in [0.1, 0.15) is 11.3 Å². The summed E-state index contributed by atoms with van der Waals surface area (Å²) in [5.41, 5.74) is 2.71. The summed E-state index contributed by atoms with van der Waals surface area (Å²) in [4.78, 5) is 20.6. The Morgan fingerprint density at radius 2 is 2.15 bits per heavy atom. The maximum absolute atomic E-state index is 12.1. The number of hydrogen-bond donors (Lipinski definition) is 1. The van der Waals surface area contributed by atoms with E-state index in [4.69, 9.17) is 0 Å². The van der Waals surface area contributed by atoms with Gasteiger partial charge in [0, 0.05) is 17.0 Å². The number of carbonyl (C=O) groups is 1. The number of thiazole rings is 1. The van der Waals surface area contributed by atoms with Crippen molar-refractivity contribution in [3.05, 3.63) is 53.2 Å². The van der Waals surface area contributed by atoms with Crippen LogP contribution in [-0.2, 0) is 11.2 Å². The molecule has 0 aliphatic carbocycles. The number of pyridine rings is 1. The highest BCUT2D eigenvalue weighted by Crippen LogP contribution is 2.18. The average molecular weight is 283 g/mol. The van der Waals surface area contributed by atoms with Crippen molar-refractivity contribution in [2.24, 2.45) is 0 Å². The number of para-hydroxylation sites is 1. The number of fused-ring (bicyclic) bond motifs is 1. The Hall–Kier alpha value is -2.27. The molecule has 0 bridgehead atoms. The molecule has 3 rings (SSSR count). The van der Waals surface area contributed by atoms with Gasteiger partial charge in [0.15, 0.2) is 5.13 Å². The first-order valence-corrected chi connectivity index (χ1v) is 7.15. The van der Waals surface area contributed by atoms with Gasteiger partial charge >= 0.3 is 0 Å². The topological polar surface area (TPSA) is 54.9 Å². The molecular weight excluding hydrogens is 270 g/mol. The zero-order valence-electron chi connectivity index (χ0n) is 11.0. The first-order chi connectivity index (χ1) is 9.72. The van der Waals surface area contributed by atoms with Gasteiger partial charge in [0.2, 0.25) is 5.91 Å². The van der Waals surface area contributed by atoms with Gasteiger partial charge in [-0.2, -0.15) is 0 Å². The van der Waals surface area contributed by atoms with Gasteiger partial charge in [0.05, 0.1) is 17.6 Å². The molecule has 0 unspecified atom stereocenters. The fourth-order valence-corrected chi connectivity index (χ4v) is 2.76. The van der Waals surface area contributed by atoms with Crippen molar-refractivity contribution < 1.29 is 4.79 Å². The van der Waals surface area contributed by atoms with Crippen LogP contribution < -0.4 is 5.32 Å². The van der Waals surface area contributed by atoms with Crippen LogP contribution in [0.15, 0.2) is 41.9 Å². The van der Waals surface area contributed by atoms with Gasteiger partial charge in [-0.3, -0.25) is 9.78 Å². The molecule has 0 fully saturated rings. The third kappa shape index (κ3) is 2.67. The highest BCUT2D eigenvalue weighted by molar-refractivity contribution is 7.13. The molecule has 0 radical (unpaired) electrons. The quantitative estimate of drug-likeness (QED) is 0.803. The van der Waals surface area contributed by atoms with E-state index in [0.717, 1.165) is 22.2 Å². The fraction of sp³-hybridized carbons (Fsp3) is 0.133. The van der Waals surface area contributed by atoms with E-state index in [1.54, 1.807) is 6.20 Å². The lowest BCUT2D eigenvalue weighted by Gasteiger charge is -2.05. The summed E-state index contributed by atoms with van der Waals surface area (Å²) < 4.78 is 0. The zero-order chi connectivity index (χ0) is 13.9. The predicted molar refractivity (Wildman–Crippen MR) is 80.9 cm³/mol. The number of nitrogens with one attached hydrogen (secondary N) is 1. The summed E-state index contributed by atoms with van der Waals surface area (Å²) in [6, 6.07) is 9.76. The van der Waals surface area contributed by atoms with Crippen molar-refractivity contribution in [2.75, 3.05) is 5.32 Å². The van der Waals surface area contributed by atoms with Crippen LogP contribution in [0, 0.1) is 6.92 Å². The SMILES string of the molecule is Cc1csc(NC(=O)Cc2cccc3cccnc23)n1. The summed E-state index contributed by atoms with van der Waals surface area (Å²) in [5.74, 6) is -0.0718. The van der Waals surface area contributed by atoms with E-state index in [9.17, 15) is 4.79 Å². The Bertz CT molecular complexity index is 761. The maximum atomic E-state index is 12.1. The molecular formula is C15H13N3OS. The average Bonchev–Trinajstić information content (AvgIpc) is 2.84. The Morgan fingerprint density at radius 1 is 1.30 bits per heavy atom. The highest BCUT2D eigenvalue weighted by Gasteiger charge is 2.09. The number of aromatic nitrogens is 2. The molecule has 2 heterocycles. The molecule has 2 aromatic heterocycles. The number of amides is 1. The molecule has 0 spiro atoms. The molecule has 1 aromatic carbocycles. The number of aryl methyl sites for hydroxylation is 1. The van der Waals surface area contributed by atoms with Gasteiger partial charge in [-0.25, -0.2) is 4.98 Å². The van der Waals surface area contributed by atoms with E-state index in [-0.39, 0.29) is 5.91 Å². The van der Waals surface area contributed by atoms with E-state index in [0.29, 0.717) is 11.6 Å². The second-order valence-electron chi connectivity index (χ2n) is 4.51. The van der Waals surface area contributed by atoms with Gasteiger partial charge in [-0.1, -0.05) is 24.3 Å². The van der Waals surface area contributed by atoms with Crippen LogP contribution in [0.5, 0.6) is 0 Å². The molecule has 1 amide bonds. The molecule has 0 aliphatic heterocycles. The number of nitrogens with zero attached hydrogens (tertiary/aromatic N) is 2. The zero-order valence-corrected chi connectivity index (χ0v) is 11.8. The lowest BCUT2D eigenvalue weighted by molar-refractivity contribution is -0.115. The largest absolute Gasteiger partial charge is 0.302 e. The predicted octanol–water partition coefficient (Wildman–Crippen LogP) is 3.18. The van der Waals surface area contributed by atoms with Gasteiger partial charge in [-0.05, 0) is 18.6 Å². The number of rotatable bonds is 3. The Morgan fingerprint density at radius 3 is 2.95 bits per heavy atom. The monoisotopic (exact) mass is 283 g/mol. The molecule has 0 atom stereocenters. The van der Waals surface area contributed by atoms with Crippen molar-refractivity contribution in [3.63, 3.8) is 0 Å². The lowest BCUT2D eigenvalue weighted by atomic mass is 10.1. The molecule has 4 nitrogen and oxygen atoms in total. The van der Waals surface area contributed by atoms with E-state index in [2.05, 4.69) is 15.3 Å². The minimum absolute atomic E-state index is 0.0718. The Labute approximate surface area is 120 Å². The number of carbonyl (C=O) groups excluding carboxylic acids is 1. The summed E-state index contributed by atoms with van der Waals surface area (Å²) in [6.07, 6.45) is 2.04. The number of benzene rings is 1. The highest BCUT2D eigenvalue weighted by atomic mass is 32.1. The molecule has 5 heteroatoms. The minimum atomic E-state index is -0.0718. The fourth-order valence-electron chi connectivity index (χ4n) is 2.06. The maximum Gasteiger partial charge on any atom is 0.230 e. The van der Waals surface area contributed by atoms with E-state index in [1.165, 1.54) is 11.3 Å². The standard InChI is InChI=1S/C15H13N3OS/c1-10-9-20-15(17-10)18-13(19)8-12-5-2-4-11-6-3-7-16-14(11)12/h2-7,9H,8H2,1H3,(H,17,18,19). The molecule has 20 heavy (non-hydrogen) atoms. The van der Waals surface area contributed by atoms with Crippen molar-refractivity contribution in [2.45, 2.75) is 13.3 Å². The molecule has 3 aromatic rings. The second kappa shape index (κ2) is 5.38. The third-order valence-electron chi connectivity index (χ3n) is 2.93. The van der Waals surface area contributed by atoms with Crippen LogP contribution in [-0.4, -0.2) is 15.9 Å². The van der Waals surface area contributed by atoms with Crippen LogP contribution in [0.3, 0.4) is 0 Å². The molecule has 0 saturated heterocycles. The summed E-state index contributed by atoms with van der Waals surface area (Å²) in [5, 5.41) is 6.41. The molecule has 100 valence electrons. The Kier molecular flexibility index (Phi) is 3.43. The summed E-state index contributed by atoms with van der Waals surface area (Å²) in [6.45, 7) is 1.90. The summed E-state index contributed by atoms with van der Waals surface area (Å²) >= 11 is 1.43. The van der Waals surface area contributed by atoms with Crippen molar-refractivity contribution in [1.29, 1.82) is 0 Å². The van der Waals surface area contributed by atoms with Crippen LogP contribution in [0.4, 0.5) is 5.13 Å². The first kappa shape index (κ1) is 12.7. The van der Waals surface area contributed by atoms with Crippen molar-refractivity contribution in [1.82, 2.24) is 9.97 Å². The summed E-state index contributed by atoms with van der Waals surface area (Å²) in [7, 11) is 0. The number of anilines is 1. The Balaban J connectivity index is 1.81. The van der Waals surface area contributed by atoms with E-state index >= 15 is 0 Å². The van der Waals surface area contributed by atoms with E-state index < -0.39 is 0 Å². The van der Waals surface area contributed by atoms with Crippen LogP contribution in [0.25, 0.3) is 10.9 Å². The smallest absolute Gasteiger partial charge is 0.230 e. The van der Waals surface area contributed by atoms with Gasteiger partial charge in [0.25, 0.3) is 0 Å². The minimum Gasteiger partial charge on any atom is -0.302 e. The first-order valence-electron chi connectivity index (χ1n) is 6.27. The van der Waals surface area contributed by atoms with Gasteiger partial charge < -0.3 is 5.32 Å². The number of hydrogen-bond acceptors (Lipinski definition) is 4. The van der Waals surface area contributed by atoms with E-state index in [1.807, 2.05) is 42.6 Å². The van der Waals surface area contributed by atoms with Crippen molar-refractivity contribution >= 4 is 33.3 Å². The van der Waals surface area contributed by atoms with Crippen LogP contribution >= 0.6 is 11.3 Å². The van der Waals surface area contributed by atoms with Gasteiger partial charge in [-0.15, -0.1) is 11.3 Å². The molecule has 1 N–H and O–H groups in total. The molecule has 0 aliphatic rings. The second-order valence-corrected chi connectivity index (χ2v) is 5.37. The third-order valence-corrected chi connectivity index (χ3v) is 3.81. The van der Waals surface area contributed by atoms with Gasteiger partial charge in [0.1, 0.15) is 0 Å². The van der Waals surface area contributed by atoms with Crippen LogP contribution in [0.2, 0.25) is 0 Å². The van der Waals surface area contributed by atoms with Crippen molar-refractivity contribution in [3.8, 4) is 0 Å². The normalized spacial score (nSPS) is 10.7. The molecule has 0 saturated carbocycles. The lowest BCUT2D eigenvalue weighted by Crippen LogP contribution is -2.14.